The van der Waals surface area contributed by atoms with Gasteiger partial charge in [0.1, 0.15) is 5.75 Å². The van der Waals surface area contributed by atoms with Crippen LogP contribution in [0, 0.1) is 0 Å². The van der Waals surface area contributed by atoms with Gasteiger partial charge in [-0.05, 0) is 29.7 Å². The summed E-state index contributed by atoms with van der Waals surface area (Å²) in [5.74, 6) is -1.31. The van der Waals surface area contributed by atoms with Crippen molar-refractivity contribution in [2.75, 3.05) is 18.9 Å². The third-order valence-electron chi connectivity index (χ3n) is 3.95. The molecule has 0 spiro atoms. The third-order valence-corrected chi connectivity index (χ3v) is 5.95. The molecule has 2 rings (SSSR count). The Morgan fingerprint density at radius 3 is 2.35 bits per heavy atom. The molecule has 26 heavy (non-hydrogen) atoms. The molecule has 140 valence electrons. The smallest absolute Gasteiger partial charge is 0.235 e. The van der Waals surface area contributed by atoms with Gasteiger partial charge in [-0.1, -0.05) is 58.4 Å². The predicted octanol–water partition coefficient (Wildman–Crippen LogP) is 2.65. The maximum atomic E-state index is 12.2. The lowest BCUT2D eigenvalue weighted by Crippen LogP contribution is -2.34. The van der Waals surface area contributed by atoms with Gasteiger partial charge in [0.25, 0.3) is 0 Å². The van der Waals surface area contributed by atoms with Gasteiger partial charge in [0, 0.05) is 23.5 Å². The van der Waals surface area contributed by atoms with Crippen LogP contribution in [0.15, 0.2) is 59.1 Å². The van der Waals surface area contributed by atoms with Crippen molar-refractivity contribution in [2.24, 2.45) is 0 Å². The minimum atomic E-state index is -3.55. The van der Waals surface area contributed by atoms with Crippen LogP contribution in [0.4, 0.5) is 0 Å². The number of carbonyl (C=O) groups excluding carboxylic acids is 1. The van der Waals surface area contributed by atoms with E-state index in [0.717, 1.165) is 10.0 Å². The van der Waals surface area contributed by atoms with Gasteiger partial charge in [-0.3, -0.25) is 4.79 Å². The van der Waals surface area contributed by atoms with Crippen LogP contribution in [0.1, 0.15) is 23.5 Å². The van der Waals surface area contributed by atoms with Crippen molar-refractivity contribution in [3.8, 4) is 0 Å². The zero-order valence-corrected chi connectivity index (χ0v) is 16.7. The molecule has 0 saturated carbocycles. The van der Waals surface area contributed by atoms with Gasteiger partial charge in [-0.25, -0.2) is 8.42 Å². The summed E-state index contributed by atoms with van der Waals surface area (Å²) in [4.78, 5) is 12.1. The van der Waals surface area contributed by atoms with Crippen LogP contribution in [0.5, 0.6) is 0 Å². The molecule has 0 aliphatic carbocycles. The fourth-order valence-corrected chi connectivity index (χ4v) is 4.21. The molecule has 0 radical (unpaired) electrons. The minimum absolute atomic E-state index is 0.00268. The van der Waals surface area contributed by atoms with Crippen molar-refractivity contribution < 1.29 is 18.3 Å². The van der Waals surface area contributed by atoms with E-state index in [9.17, 15) is 18.3 Å². The number of halogens is 1. The molecule has 5 nitrogen and oxygen atoms in total. The monoisotopic (exact) mass is 439 g/mol. The first kappa shape index (κ1) is 20.6. The normalized spacial score (nSPS) is 12.5. The molecule has 7 heteroatoms. The Morgan fingerprint density at radius 1 is 1.08 bits per heavy atom. The van der Waals surface area contributed by atoms with E-state index < -0.39 is 21.5 Å². The third kappa shape index (κ3) is 6.90. The highest BCUT2D eigenvalue weighted by atomic mass is 79.9. The van der Waals surface area contributed by atoms with E-state index in [1.165, 1.54) is 0 Å². The summed E-state index contributed by atoms with van der Waals surface area (Å²) in [6, 6.07) is 16.5. The van der Waals surface area contributed by atoms with Gasteiger partial charge >= 0.3 is 0 Å². The number of nitrogens with one attached hydrogen (secondary N) is 1. The lowest BCUT2D eigenvalue weighted by Gasteiger charge is -2.17. The molecule has 0 unspecified atom stereocenters. The van der Waals surface area contributed by atoms with E-state index in [0.29, 0.717) is 12.0 Å². The molecule has 0 saturated heterocycles. The molecule has 0 fully saturated rings. The van der Waals surface area contributed by atoms with E-state index in [-0.39, 0.29) is 24.8 Å². The van der Waals surface area contributed by atoms with E-state index in [1.807, 2.05) is 30.3 Å². The lowest BCUT2D eigenvalue weighted by molar-refractivity contribution is -0.118. The zero-order valence-electron chi connectivity index (χ0n) is 14.3. The lowest BCUT2D eigenvalue weighted by atomic mass is 9.96. The van der Waals surface area contributed by atoms with Crippen LogP contribution in [-0.2, 0) is 20.4 Å². The summed E-state index contributed by atoms with van der Waals surface area (Å²) in [5, 5.41) is 11.9. The number of benzene rings is 2. The number of rotatable bonds is 9. The van der Waals surface area contributed by atoms with Crippen LogP contribution < -0.4 is 5.32 Å². The van der Waals surface area contributed by atoms with Gasteiger partial charge in [0.05, 0.1) is 5.75 Å². The molecule has 2 aromatic rings. The molecular formula is C19H22BrNO4S. The number of amides is 1. The van der Waals surface area contributed by atoms with E-state index >= 15 is 0 Å². The molecule has 2 aromatic carbocycles. The Balaban J connectivity index is 1.91. The predicted molar refractivity (Wildman–Crippen MR) is 106 cm³/mol. The second kappa shape index (κ2) is 9.85. The molecule has 0 aliphatic heterocycles. The topological polar surface area (TPSA) is 83.5 Å². The number of hydrogen-bond acceptors (Lipinski definition) is 4. The average molecular weight is 440 g/mol. The average Bonchev–Trinajstić information content (AvgIpc) is 2.60. The fourth-order valence-electron chi connectivity index (χ4n) is 2.64. The first-order valence-electron chi connectivity index (χ1n) is 8.27. The summed E-state index contributed by atoms with van der Waals surface area (Å²) < 4.78 is 25.3. The summed E-state index contributed by atoms with van der Waals surface area (Å²) >= 11 is 3.30. The summed E-state index contributed by atoms with van der Waals surface area (Å²) in [6.45, 7) is 0.286. The zero-order chi connectivity index (χ0) is 19.0. The van der Waals surface area contributed by atoms with E-state index in [1.54, 1.807) is 24.3 Å². The van der Waals surface area contributed by atoms with Gasteiger partial charge in [-0.2, -0.15) is 0 Å². The highest BCUT2D eigenvalue weighted by molar-refractivity contribution is 9.10. The highest BCUT2D eigenvalue weighted by Gasteiger charge is 2.19. The van der Waals surface area contributed by atoms with E-state index in [2.05, 4.69) is 21.2 Å². The number of carbonyl (C=O) groups is 1. The fraction of sp³-hybridized carbons (Fsp3) is 0.316. The molecule has 0 aliphatic rings. The number of aliphatic hydroxyl groups excluding tert-OH is 1. The van der Waals surface area contributed by atoms with Crippen LogP contribution in [0.2, 0.25) is 0 Å². The van der Waals surface area contributed by atoms with Crippen molar-refractivity contribution in [2.45, 2.75) is 18.1 Å². The second-order valence-electron chi connectivity index (χ2n) is 6.08. The maximum absolute atomic E-state index is 12.2. The van der Waals surface area contributed by atoms with Crippen molar-refractivity contribution in [1.82, 2.24) is 5.32 Å². The van der Waals surface area contributed by atoms with Gasteiger partial charge in [0.2, 0.25) is 5.91 Å². The molecular weight excluding hydrogens is 418 g/mol. The van der Waals surface area contributed by atoms with Crippen molar-refractivity contribution >= 4 is 31.7 Å². The Labute approximate surface area is 162 Å². The van der Waals surface area contributed by atoms with Crippen molar-refractivity contribution in [1.29, 1.82) is 0 Å². The van der Waals surface area contributed by atoms with Crippen LogP contribution >= 0.6 is 15.9 Å². The van der Waals surface area contributed by atoms with Gasteiger partial charge in [-0.15, -0.1) is 0 Å². The first-order chi connectivity index (χ1) is 12.4. The Kier molecular flexibility index (Phi) is 7.81. The van der Waals surface area contributed by atoms with Crippen LogP contribution in [0.25, 0.3) is 0 Å². The second-order valence-corrected chi connectivity index (χ2v) is 9.06. The van der Waals surface area contributed by atoms with Crippen LogP contribution in [-0.4, -0.2) is 38.3 Å². The molecule has 0 aromatic heterocycles. The van der Waals surface area contributed by atoms with Crippen molar-refractivity contribution in [3.63, 3.8) is 0 Å². The summed E-state index contributed by atoms with van der Waals surface area (Å²) in [5.41, 5.74) is 1.64. The number of hydrogen-bond donors (Lipinski definition) is 2. The van der Waals surface area contributed by atoms with Gasteiger partial charge < -0.3 is 10.4 Å². The summed E-state index contributed by atoms with van der Waals surface area (Å²) in [6.07, 6.45) is 0.496. The Morgan fingerprint density at radius 2 is 1.73 bits per heavy atom. The van der Waals surface area contributed by atoms with Crippen molar-refractivity contribution in [3.05, 3.63) is 70.2 Å². The standard InChI is InChI=1S/C19H22BrNO4S/c20-18-8-6-15(7-9-18)13-26(24,25)14-19(23)21-12-17(10-11-22)16-4-2-1-3-5-16/h1-9,17,22H,10-14H2,(H,21,23)/t17-/m0/s1. The SMILES string of the molecule is O=C(CS(=O)(=O)Cc1ccc(Br)cc1)NC[C@H](CCO)c1ccccc1. The Hall–Kier alpha value is -1.70. The first-order valence-corrected chi connectivity index (χ1v) is 10.9. The minimum Gasteiger partial charge on any atom is -0.396 e. The highest BCUT2D eigenvalue weighted by Crippen LogP contribution is 2.18. The van der Waals surface area contributed by atoms with Gasteiger partial charge in [0.15, 0.2) is 9.84 Å². The molecule has 2 N–H and O–H groups in total. The molecule has 0 bridgehead atoms. The van der Waals surface area contributed by atoms with Crippen LogP contribution in [0.3, 0.4) is 0 Å². The Bertz CT molecular complexity index is 807. The maximum Gasteiger partial charge on any atom is 0.235 e. The summed E-state index contributed by atoms with van der Waals surface area (Å²) in [7, 11) is -3.55. The van der Waals surface area contributed by atoms with E-state index in [4.69, 9.17) is 0 Å². The quantitative estimate of drug-likeness (QED) is 0.628. The number of sulfone groups is 1. The molecule has 1 atom stereocenters. The molecule has 1 amide bonds. The molecule has 0 heterocycles. The number of aliphatic hydroxyl groups is 1. The largest absolute Gasteiger partial charge is 0.396 e.